The van der Waals surface area contributed by atoms with Gasteiger partial charge in [0.15, 0.2) is 0 Å². The van der Waals surface area contributed by atoms with Gasteiger partial charge in [0.05, 0.1) is 5.92 Å². The van der Waals surface area contributed by atoms with Crippen LogP contribution in [0.2, 0.25) is 23.7 Å². The summed E-state index contributed by atoms with van der Waals surface area (Å²) in [5, 5.41) is 0. The van der Waals surface area contributed by atoms with Crippen LogP contribution in [0.3, 0.4) is 0 Å². The molecular weight excluding hydrogens is 352 g/mol. The number of hydrogen-bond donors (Lipinski definition) is 0. The van der Waals surface area contributed by atoms with E-state index in [0.717, 1.165) is 18.5 Å². The zero-order chi connectivity index (χ0) is 19.5. The Kier molecular flexibility index (Phi) is 12.1. The van der Waals surface area contributed by atoms with Gasteiger partial charge in [-0.05, 0) is 38.4 Å². The van der Waals surface area contributed by atoms with Crippen LogP contribution in [0.1, 0.15) is 61.8 Å². The van der Waals surface area contributed by atoms with Crippen LogP contribution < -0.4 is 0 Å². The smallest absolute Gasteiger partial charge is 0.501 e. The first-order valence-electron chi connectivity index (χ1n) is 9.94. The quantitative estimate of drug-likeness (QED) is 0.389. The van der Waals surface area contributed by atoms with Crippen LogP contribution in [0.4, 0.5) is 0 Å². The number of hydrogen-bond acceptors (Lipinski definition) is 5. The molecule has 0 aliphatic carbocycles. The largest absolute Gasteiger partial charge is 0.519 e. The van der Waals surface area contributed by atoms with Crippen LogP contribution in [-0.2, 0) is 22.5 Å². The summed E-state index contributed by atoms with van der Waals surface area (Å²) in [7, 11) is -4.90. The average molecular weight is 393 g/mol. The first kappa shape index (κ1) is 24.8. The molecule has 0 spiro atoms. The van der Waals surface area contributed by atoms with Gasteiger partial charge >= 0.3 is 8.80 Å². The van der Waals surface area contributed by atoms with Crippen LogP contribution in [0, 0.1) is 5.92 Å². The molecule has 0 aromatic rings. The molecule has 0 fully saturated rings. The van der Waals surface area contributed by atoms with Gasteiger partial charge < -0.3 is 17.7 Å². The maximum absolute atomic E-state index is 12.9. The van der Waals surface area contributed by atoms with Crippen LogP contribution in [0.15, 0.2) is 0 Å². The van der Waals surface area contributed by atoms with Crippen LogP contribution in [0.25, 0.3) is 0 Å². The van der Waals surface area contributed by atoms with E-state index in [4.69, 9.17) is 17.7 Å². The summed E-state index contributed by atoms with van der Waals surface area (Å²) < 4.78 is 23.8. The zero-order valence-corrected chi connectivity index (χ0v) is 19.6. The van der Waals surface area contributed by atoms with E-state index in [-0.39, 0.29) is 11.9 Å². The molecule has 0 amide bonds. The van der Waals surface area contributed by atoms with Crippen molar-refractivity contribution in [3.05, 3.63) is 0 Å². The van der Waals surface area contributed by atoms with Gasteiger partial charge in [0.1, 0.15) is 0 Å². The molecule has 0 rings (SSSR count). The summed E-state index contributed by atoms with van der Waals surface area (Å²) >= 11 is 0. The Labute approximate surface area is 157 Å². The standard InChI is InChI=1S/C18H40O5Si2/c1-9-17(8)24(13-5,14-6)23-18(19)16(7)15-25(20-10-2,21-11-3)22-12-4/h16-17H,9-15H2,1-8H3. The van der Waals surface area contributed by atoms with E-state index < -0.39 is 17.1 Å². The summed E-state index contributed by atoms with van der Waals surface area (Å²) in [6.45, 7) is 17.9. The Balaban J connectivity index is 5.22. The predicted octanol–water partition coefficient (Wildman–Crippen LogP) is 5.00. The monoisotopic (exact) mass is 392 g/mol. The van der Waals surface area contributed by atoms with Crippen molar-refractivity contribution in [2.45, 2.75) is 85.5 Å². The molecule has 2 atom stereocenters. The maximum Gasteiger partial charge on any atom is 0.501 e. The summed E-state index contributed by atoms with van der Waals surface area (Å²) in [5.74, 6) is -0.406. The first-order valence-corrected chi connectivity index (χ1v) is 14.3. The fourth-order valence-corrected chi connectivity index (χ4v) is 9.85. The lowest BCUT2D eigenvalue weighted by molar-refractivity contribution is -0.139. The normalized spacial score (nSPS) is 15.0. The van der Waals surface area contributed by atoms with E-state index in [9.17, 15) is 4.79 Å². The van der Waals surface area contributed by atoms with Gasteiger partial charge in [-0.25, -0.2) is 0 Å². The lowest BCUT2D eigenvalue weighted by Gasteiger charge is -2.36. The number of carbonyl (C=O) groups excluding carboxylic acids is 1. The Bertz CT molecular complexity index is 357. The van der Waals surface area contributed by atoms with Crippen LogP contribution in [0.5, 0.6) is 0 Å². The lowest BCUT2D eigenvalue weighted by Crippen LogP contribution is -2.49. The van der Waals surface area contributed by atoms with E-state index in [1.165, 1.54) is 0 Å². The van der Waals surface area contributed by atoms with Gasteiger partial charge in [0.25, 0.3) is 14.3 Å². The summed E-state index contributed by atoms with van der Waals surface area (Å²) in [6.07, 6.45) is 1.05. The molecule has 5 nitrogen and oxygen atoms in total. The van der Waals surface area contributed by atoms with Gasteiger partial charge in [-0.3, -0.25) is 4.79 Å². The van der Waals surface area contributed by atoms with E-state index in [1.807, 2.05) is 27.7 Å². The molecule has 2 unspecified atom stereocenters. The minimum absolute atomic E-state index is 0.119. The van der Waals surface area contributed by atoms with Crippen molar-refractivity contribution in [1.82, 2.24) is 0 Å². The van der Waals surface area contributed by atoms with Crippen molar-refractivity contribution >= 4 is 23.1 Å². The van der Waals surface area contributed by atoms with E-state index in [2.05, 4.69) is 27.7 Å². The summed E-state index contributed by atoms with van der Waals surface area (Å²) in [4.78, 5) is 12.9. The highest BCUT2D eigenvalue weighted by molar-refractivity contribution is 6.76. The Morgan fingerprint density at radius 3 is 1.60 bits per heavy atom. The second kappa shape index (κ2) is 12.2. The molecule has 0 radical (unpaired) electrons. The SMILES string of the molecule is CCO[Si](CC(C)C(=O)O[Si](CC)(CC)C(C)CC)(OCC)OCC. The third-order valence-corrected chi connectivity index (χ3v) is 13.6. The molecule has 0 bridgehead atoms. The fraction of sp³-hybridized carbons (Fsp3) is 0.944. The van der Waals surface area contributed by atoms with Gasteiger partial charge in [0, 0.05) is 25.9 Å². The second-order valence-corrected chi connectivity index (χ2v) is 14.0. The van der Waals surface area contributed by atoms with Crippen molar-refractivity contribution in [1.29, 1.82) is 0 Å². The molecule has 0 heterocycles. The van der Waals surface area contributed by atoms with Crippen LogP contribution in [-0.4, -0.2) is 42.9 Å². The molecule has 150 valence electrons. The van der Waals surface area contributed by atoms with Crippen molar-refractivity contribution in [2.24, 2.45) is 5.92 Å². The van der Waals surface area contributed by atoms with Crippen molar-refractivity contribution in [2.75, 3.05) is 19.8 Å². The molecular formula is C18H40O5Si2. The highest BCUT2D eigenvalue weighted by Gasteiger charge is 2.46. The summed E-state index contributed by atoms with van der Waals surface area (Å²) in [5.41, 5.74) is 0.464. The molecule has 0 aliphatic heterocycles. The molecule has 0 N–H and O–H groups in total. The third-order valence-electron chi connectivity index (χ3n) is 5.06. The van der Waals surface area contributed by atoms with Crippen LogP contribution >= 0.6 is 0 Å². The minimum Gasteiger partial charge on any atom is -0.519 e. The van der Waals surface area contributed by atoms with Gasteiger partial charge in [-0.15, -0.1) is 0 Å². The minimum atomic E-state index is -2.84. The fourth-order valence-electron chi connectivity index (χ4n) is 3.28. The Morgan fingerprint density at radius 1 is 0.840 bits per heavy atom. The highest BCUT2D eigenvalue weighted by Crippen LogP contribution is 2.34. The van der Waals surface area contributed by atoms with Gasteiger partial charge in [-0.1, -0.05) is 41.0 Å². The van der Waals surface area contributed by atoms with E-state index >= 15 is 0 Å². The first-order chi connectivity index (χ1) is 11.8. The second-order valence-electron chi connectivity index (χ2n) is 6.59. The van der Waals surface area contributed by atoms with E-state index in [0.29, 0.717) is 31.4 Å². The van der Waals surface area contributed by atoms with E-state index in [1.54, 1.807) is 0 Å². The van der Waals surface area contributed by atoms with Crippen molar-refractivity contribution in [3.63, 3.8) is 0 Å². The third kappa shape index (κ3) is 7.13. The molecule has 0 aromatic carbocycles. The zero-order valence-electron chi connectivity index (χ0n) is 17.6. The molecule has 25 heavy (non-hydrogen) atoms. The average Bonchev–Trinajstić information content (AvgIpc) is 2.59. The molecule has 0 aliphatic rings. The Morgan fingerprint density at radius 2 is 1.28 bits per heavy atom. The van der Waals surface area contributed by atoms with Crippen molar-refractivity contribution < 1.29 is 22.5 Å². The molecule has 0 aromatic heterocycles. The topological polar surface area (TPSA) is 54.0 Å². The van der Waals surface area contributed by atoms with Gasteiger partial charge in [0.2, 0.25) is 0 Å². The molecule has 0 saturated carbocycles. The number of carbonyl (C=O) groups is 1. The molecule has 7 heteroatoms. The lowest BCUT2D eigenvalue weighted by atomic mass is 10.2. The number of rotatable bonds is 14. The summed E-state index contributed by atoms with van der Waals surface area (Å²) in [6, 6.07) is 2.39. The predicted molar refractivity (Wildman–Crippen MR) is 107 cm³/mol. The molecule has 0 saturated heterocycles. The van der Waals surface area contributed by atoms with Crippen molar-refractivity contribution in [3.8, 4) is 0 Å². The maximum atomic E-state index is 12.9. The highest BCUT2D eigenvalue weighted by atomic mass is 28.4. The van der Waals surface area contributed by atoms with Gasteiger partial charge in [-0.2, -0.15) is 0 Å². The Hall–Kier alpha value is -0.216.